The van der Waals surface area contributed by atoms with E-state index in [1.54, 1.807) is 25.1 Å². The molecule has 2 N–H and O–H groups in total. The molecular formula is C14H15NO3S. The molecule has 0 aromatic heterocycles. The van der Waals surface area contributed by atoms with Crippen molar-refractivity contribution in [1.82, 2.24) is 0 Å². The van der Waals surface area contributed by atoms with Crippen molar-refractivity contribution in [1.29, 1.82) is 0 Å². The number of hydrogen-bond acceptors (Lipinski definition) is 3. The van der Waals surface area contributed by atoms with Crippen LogP contribution in [0.3, 0.4) is 0 Å². The minimum Gasteiger partial charge on any atom is -0.508 e. The van der Waals surface area contributed by atoms with Gasteiger partial charge in [-0.15, -0.1) is 0 Å². The zero-order valence-corrected chi connectivity index (χ0v) is 11.5. The predicted molar refractivity (Wildman–Crippen MR) is 74.8 cm³/mol. The molecule has 0 aliphatic rings. The summed E-state index contributed by atoms with van der Waals surface area (Å²) in [5, 5.41) is 9.41. The molecular weight excluding hydrogens is 262 g/mol. The van der Waals surface area contributed by atoms with Crippen LogP contribution in [0.4, 0.5) is 5.69 Å². The van der Waals surface area contributed by atoms with Crippen molar-refractivity contribution in [3.05, 3.63) is 53.6 Å². The zero-order valence-electron chi connectivity index (χ0n) is 10.7. The molecule has 0 unspecified atom stereocenters. The van der Waals surface area contributed by atoms with Crippen molar-refractivity contribution in [3.8, 4) is 5.75 Å². The smallest absolute Gasteiger partial charge is 0.262 e. The molecule has 4 nitrogen and oxygen atoms in total. The van der Waals surface area contributed by atoms with E-state index in [2.05, 4.69) is 4.72 Å². The van der Waals surface area contributed by atoms with Crippen LogP contribution in [0.25, 0.3) is 0 Å². The first kappa shape index (κ1) is 13.4. The van der Waals surface area contributed by atoms with Gasteiger partial charge in [0.05, 0.1) is 4.90 Å². The van der Waals surface area contributed by atoms with E-state index in [1.165, 1.54) is 12.1 Å². The fourth-order valence-corrected chi connectivity index (χ4v) is 3.03. The number of aromatic hydroxyl groups is 1. The summed E-state index contributed by atoms with van der Waals surface area (Å²) in [6.07, 6.45) is 0. The Morgan fingerprint density at radius 1 is 1.00 bits per heavy atom. The molecule has 0 saturated carbocycles. The Bertz CT molecular complexity index is 691. The van der Waals surface area contributed by atoms with Crippen LogP contribution in [0.1, 0.15) is 11.1 Å². The molecule has 0 bridgehead atoms. The second kappa shape index (κ2) is 4.93. The number of phenols is 1. The van der Waals surface area contributed by atoms with Crippen molar-refractivity contribution < 1.29 is 13.5 Å². The summed E-state index contributed by atoms with van der Waals surface area (Å²) >= 11 is 0. The number of nitrogens with one attached hydrogen (secondary N) is 1. The van der Waals surface area contributed by atoms with Gasteiger partial charge in [0.25, 0.3) is 10.0 Å². The summed E-state index contributed by atoms with van der Waals surface area (Å²) < 4.78 is 27.0. The van der Waals surface area contributed by atoms with Gasteiger partial charge in [-0.05, 0) is 37.6 Å². The van der Waals surface area contributed by atoms with Gasteiger partial charge in [0.15, 0.2) is 0 Å². The highest BCUT2D eigenvalue weighted by Gasteiger charge is 2.17. The Hall–Kier alpha value is -2.01. The number of aryl methyl sites for hydroxylation is 2. The summed E-state index contributed by atoms with van der Waals surface area (Å²) in [4.78, 5) is 0.0769. The lowest BCUT2D eigenvalue weighted by Crippen LogP contribution is -2.14. The van der Waals surface area contributed by atoms with Gasteiger partial charge >= 0.3 is 0 Å². The average molecular weight is 277 g/mol. The standard InChI is InChI=1S/C14H15NO3S/c1-10-3-6-12(7-4-10)15-19(17,18)14-9-13(16)8-5-11(14)2/h3-9,15-16H,1-2H3. The van der Waals surface area contributed by atoms with Gasteiger partial charge in [0.2, 0.25) is 0 Å². The van der Waals surface area contributed by atoms with Gasteiger partial charge in [0.1, 0.15) is 5.75 Å². The molecule has 0 fully saturated rings. The highest BCUT2D eigenvalue weighted by molar-refractivity contribution is 7.92. The van der Waals surface area contributed by atoms with Crippen LogP contribution >= 0.6 is 0 Å². The monoisotopic (exact) mass is 277 g/mol. The maximum absolute atomic E-state index is 12.2. The van der Waals surface area contributed by atoms with Crippen LogP contribution < -0.4 is 4.72 Å². The number of benzene rings is 2. The van der Waals surface area contributed by atoms with Gasteiger partial charge in [-0.2, -0.15) is 0 Å². The summed E-state index contributed by atoms with van der Waals surface area (Å²) in [5.74, 6) is -0.0742. The molecule has 2 aromatic carbocycles. The van der Waals surface area contributed by atoms with E-state index in [1.807, 2.05) is 19.1 Å². The largest absolute Gasteiger partial charge is 0.508 e. The lowest BCUT2D eigenvalue weighted by Gasteiger charge is -2.10. The molecule has 0 aliphatic carbocycles. The van der Waals surface area contributed by atoms with Crippen molar-refractivity contribution >= 4 is 15.7 Å². The van der Waals surface area contributed by atoms with Crippen molar-refractivity contribution in [2.24, 2.45) is 0 Å². The van der Waals surface area contributed by atoms with Crippen molar-refractivity contribution in [2.75, 3.05) is 4.72 Å². The maximum Gasteiger partial charge on any atom is 0.262 e. The molecule has 0 atom stereocenters. The highest BCUT2D eigenvalue weighted by Crippen LogP contribution is 2.23. The fraction of sp³-hybridized carbons (Fsp3) is 0.143. The Labute approximate surface area is 112 Å². The molecule has 5 heteroatoms. The number of anilines is 1. The first-order valence-electron chi connectivity index (χ1n) is 5.77. The fourth-order valence-electron chi connectivity index (χ4n) is 1.71. The third-order valence-corrected chi connectivity index (χ3v) is 4.29. The summed E-state index contributed by atoms with van der Waals surface area (Å²) in [6, 6.07) is 11.3. The number of hydrogen-bond donors (Lipinski definition) is 2. The third-order valence-electron chi connectivity index (χ3n) is 2.77. The first-order chi connectivity index (χ1) is 8.88. The Morgan fingerprint density at radius 3 is 2.26 bits per heavy atom. The van der Waals surface area contributed by atoms with E-state index in [0.717, 1.165) is 5.56 Å². The van der Waals surface area contributed by atoms with Crippen LogP contribution in [-0.4, -0.2) is 13.5 Å². The first-order valence-corrected chi connectivity index (χ1v) is 7.26. The van der Waals surface area contributed by atoms with Crippen LogP contribution in [-0.2, 0) is 10.0 Å². The minimum atomic E-state index is -3.69. The summed E-state index contributed by atoms with van der Waals surface area (Å²) in [5.41, 5.74) is 2.13. The topological polar surface area (TPSA) is 66.4 Å². The highest BCUT2D eigenvalue weighted by atomic mass is 32.2. The Kier molecular flexibility index (Phi) is 3.48. The normalized spacial score (nSPS) is 11.3. The van der Waals surface area contributed by atoms with Gasteiger partial charge in [-0.1, -0.05) is 23.8 Å². The van der Waals surface area contributed by atoms with E-state index in [9.17, 15) is 13.5 Å². The van der Waals surface area contributed by atoms with Gasteiger partial charge in [-0.3, -0.25) is 4.72 Å². The number of rotatable bonds is 3. The lowest BCUT2D eigenvalue weighted by atomic mass is 10.2. The van der Waals surface area contributed by atoms with Crippen LogP contribution in [0, 0.1) is 13.8 Å². The maximum atomic E-state index is 12.2. The van der Waals surface area contributed by atoms with Crippen LogP contribution in [0.5, 0.6) is 5.75 Å². The van der Waals surface area contributed by atoms with Crippen molar-refractivity contribution in [3.63, 3.8) is 0 Å². The number of phenolic OH excluding ortho intramolecular Hbond substituents is 1. The van der Waals surface area contributed by atoms with E-state index in [-0.39, 0.29) is 10.6 Å². The van der Waals surface area contributed by atoms with E-state index < -0.39 is 10.0 Å². The summed E-state index contributed by atoms with van der Waals surface area (Å²) in [7, 11) is -3.69. The quantitative estimate of drug-likeness (QED) is 0.906. The van der Waals surface area contributed by atoms with E-state index in [4.69, 9.17) is 0 Å². The van der Waals surface area contributed by atoms with Gasteiger partial charge < -0.3 is 5.11 Å². The van der Waals surface area contributed by atoms with Crippen molar-refractivity contribution in [2.45, 2.75) is 18.7 Å². The minimum absolute atomic E-state index is 0.0742. The average Bonchev–Trinajstić information content (AvgIpc) is 2.35. The van der Waals surface area contributed by atoms with E-state index in [0.29, 0.717) is 11.3 Å². The van der Waals surface area contributed by atoms with Crippen LogP contribution in [0.2, 0.25) is 0 Å². The Balaban J connectivity index is 2.37. The molecule has 0 aliphatic heterocycles. The molecule has 0 radical (unpaired) electrons. The molecule has 2 rings (SSSR count). The summed E-state index contributed by atoms with van der Waals surface area (Å²) in [6.45, 7) is 3.61. The van der Waals surface area contributed by atoms with E-state index >= 15 is 0 Å². The lowest BCUT2D eigenvalue weighted by molar-refractivity contribution is 0.473. The molecule has 0 saturated heterocycles. The Morgan fingerprint density at radius 2 is 1.63 bits per heavy atom. The van der Waals surface area contributed by atoms with Crippen LogP contribution in [0.15, 0.2) is 47.4 Å². The molecule has 0 spiro atoms. The second-order valence-electron chi connectivity index (χ2n) is 4.42. The zero-order chi connectivity index (χ0) is 14.0. The molecule has 0 amide bonds. The molecule has 0 heterocycles. The third kappa shape index (κ3) is 3.06. The second-order valence-corrected chi connectivity index (χ2v) is 6.07. The van der Waals surface area contributed by atoms with Gasteiger partial charge in [-0.25, -0.2) is 8.42 Å². The predicted octanol–water partition coefficient (Wildman–Crippen LogP) is 2.81. The van der Waals surface area contributed by atoms with Gasteiger partial charge in [0, 0.05) is 11.8 Å². The molecule has 100 valence electrons. The molecule has 19 heavy (non-hydrogen) atoms. The SMILES string of the molecule is Cc1ccc(NS(=O)(=O)c2cc(O)ccc2C)cc1. The number of sulfonamides is 1. The molecule has 2 aromatic rings.